The number of nitrogens with zero attached hydrogens (tertiary/aromatic N) is 3. The summed E-state index contributed by atoms with van der Waals surface area (Å²) in [5.41, 5.74) is 3.20. The largest absolute Gasteiger partial charge is 0.372 e. The van der Waals surface area contributed by atoms with E-state index in [1.54, 1.807) is 0 Å². The molecule has 1 aromatic heterocycles. The molecule has 1 saturated heterocycles. The third-order valence-corrected chi connectivity index (χ3v) is 6.11. The monoisotopic (exact) mass is 396 g/mol. The number of hydrogen-bond donors (Lipinski definition) is 1. The van der Waals surface area contributed by atoms with Crippen molar-refractivity contribution in [3.05, 3.63) is 57.5 Å². The summed E-state index contributed by atoms with van der Waals surface area (Å²) in [5, 5.41) is 0. The minimum Gasteiger partial charge on any atom is -0.372 e. The fourth-order valence-electron chi connectivity index (χ4n) is 4.50. The molecule has 3 atom stereocenters. The Hall–Kier alpha value is -2.18. The smallest absolute Gasteiger partial charge is 0.255 e. The molecule has 0 radical (unpaired) electrons. The molecule has 2 aromatic rings. The van der Waals surface area contributed by atoms with E-state index in [1.165, 1.54) is 5.56 Å². The Balaban J connectivity index is 1.44. The molecule has 0 amide bonds. The first-order valence-electron chi connectivity index (χ1n) is 10.8. The summed E-state index contributed by atoms with van der Waals surface area (Å²) in [7, 11) is 0. The summed E-state index contributed by atoms with van der Waals surface area (Å²) in [4.78, 5) is 25.2. The lowest BCUT2D eigenvalue weighted by atomic mass is 9.97. The lowest BCUT2D eigenvalue weighted by molar-refractivity contribution is -0.00576. The van der Waals surface area contributed by atoms with Gasteiger partial charge in [0.25, 0.3) is 5.56 Å². The van der Waals surface area contributed by atoms with Crippen molar-refractivity contribution in [3.8, 4) is 0 Å². The van der Waals surface area contributed by atoms with Gasteiger partial charge in [0, 0.05) is 31.7 Å². The van der Waals surface area contributed by atoms with Gasteiger partial charge in [0.05, 0.1) is 17.9 Å². The second kappa shape index (κ2) is 8.67. The molecule has 0 bridgehead atoms. The summed E-state index contributed by atoms with van der Waals surface area (Å²) in [6.45, 7) is 10.6. The second-order valence-electron chi connectivity index (χ2n) is 8.60. The van der Waals surface area contributed by atoms with Gasteiger partial charge in [-0.05, 0) is 44.7 Å². The normalized spacial score (nSPS) is 23.6. The molecule has 6 heteroatoms. The lowest BCUT2D eigenvalue weighted by Crippen LogP contribution is -2.47. The Morgan fingerprint density at radius 3 is 2.66 bits per heavy atom. The van der Waals surface area contributed by atoms with Crippen LogP contribution in [0.3, 0.4) is 0 Å². The molecule has 0 spiro atoms. The predicted molar refractivity (Wildman–Crippen MR) is 116 cm³/mol. The van der Waals surface area contributed by atoms with Crippen molar-refractivity contribution < 1.29 is 4.74 Å². The van der Waals surface area contributed by atoms with Crippen molar-refractivity contribution in [1.29, 1.82) is 0 Å². The zero-order valence-corrected chi connectivity index (χ0v) is 17.7. The van der Waals surface area contributed by atoms with Gasteiger partial charge < -0.3 is 9.64 Å². The quantitative estimate of drug-likeness (QED) is 0.842. The van der Waals surface area contributed by atoms with Crippen molar-refractivity contribution >= 4 is 5.95 Å². The number of anilines is 1. The van der Waals surface area contributed by atoms with E-state index >= 15 is 0 Å². The highest BCUT2D eigenvalue weighted by molar-refractivity contribution is 5.35. The standard InChI is InChI=1S/C23H32N4O2/c1-16(19-7-5-4-6-8-19)9-11-26-12-10-20-21(15-26)24-23(25-22(20)28)27-13-17(2)29-18(3)14-27/h4-8,16-18H,9-15H2,1-3H3,(H,24,25,28)/t16-,17-,18+/m0/s1. The van der Waals surface area contributed by atoms with Gasteiger partial charge in [-0.2, -0.15) is 0 Å². The molecule has 0 saturated carbocycles. The van der Waals surface area contributed by atoms with E-state index in [0.29, 0.717) is 11.9 Å². The van der Waals surface area contributed by atoms with Gasteiger partial charge in [-0.3, -0.25) is 14.7 Å². The van der Waals surface area contributed by atoms with Crippen LogP contribution in [-0.4, -0.2) is 53.3 Å². The van der Waals surface area contributed by atoms with E-state index in [1.807, 2.05) is 0 Å². The number of aromatic amines is 1. The first-order valence-corrected chi connectivity index (χ1v) is 10.8. The molecule has 0 aliphatic carbocycles. The minimum absolute atomic E-state index is 0.0223. The molecular formula is C23H32N4O2. The van der Waals surface area contributed by atoms with Crippen LogP contribution in [-0.2, 0) is 17.7 Å². The lowest BCUT2D eigenvalue weighted by Gasteiger charge is -2.36. The SMILES string of the molecule is C[C@@H]1CN(c2nc3c(c(=O)[nH]2)CCN(CC[C@H](C)c2ccccc2)C3)C[C@H](C)O1. The molecule has 2 aliphatic heterocycles. The molecule has 4 rings (SSSR count). The highest BCUT2D eigenvalue weighted by atomic mass is 16.5. The highest BCUT2D eigenvalue weighted by Gasteiger charge is 2.27. The van der Waals surface area contributed by atoms with Crippen LogP contribution in [0, 0.1) is 0 Å². The van der Waals surface area contributed by atoms with Crippen LogP contribution < -0.4 is 10.5 Å². The number of rotatable bonds is 5. The zero-order chi connectivity index (χ0) is 20.4. The van der Waals surface area contributed by atoms with Crippen LogP contribution in [0.1, 0.15) is 49.9 Å². The van der Waals surface area contributed by atoms with Crippen LogP contribution >= 0.6 is 0 Å². The Morgan fingerprint density at radius 1 is 1.21 bits per heavy atom. The molecule has 2 aliphatic rings. The van der Waals surface area contributed by atoms with Gasteiger partial charge in [-0.25, -0.2) is 4.98 Å². The van der Waals surface area contributed by atoms with Gasteiger partial charge in [0.2, 0.25) is 5.95 Å². The fraction of sp³-hybridized carbons (Fsp3) is 0.565. The summed E-state index contributed by atoms with van der Waals surface area (Å²) >= 11 is 0. The predicted octanol–water partition coefficient (Wildman–Crippen LogP) is 2.94. The van der Waals surface area contributed by atoms with Crippen LogP contribution in [0.25, 0.3) is 0 Å². The van der Waals surface area contributed by atoms with Crippen LogP contribution in [0.5, 0.6) is 0 Å². The minimum atomic E-state index is 0.0223. The number of fused-ring (bicyclic) bond motifs is 1. The van der Waals surface area contributed by atoms with Gasteiger partial charge in [-0.15, -0.1) is 0 Å². The molecule has 3 heterocycles. The van der Waals surface area contributed by atoms with E-state index in [2.05, 4.69) is 65.9 Å². The van der Waals surface area contributed by atoms with Crippen LogP contribution in [0.4, 0.5) is 5.95 Å². The molecule has 1 N–H and O–H groups in total. The molecule has 1 aromatic carbocycles. The first kappa shape index (κ1) is 20.1. The maximum Gasteiger partial charge on any atom is 0.255 e. The van der Waals surface area contributed by atoms with E-state index in [4.69, 9.17) is 9.72 Å². The number of ether oxygens (including phenoxy) is 1. The number of aromatic nitrogens is 2. The fourth-order valence-corrected chi connectivity index (χ4v) is 4.50. The van der Waals surface area contributed by atoms with E-state index in [0.717, 1.165) is 56.8 Å². The second-order valence-corrected chi connectivity index (χ2v) is 8.60. The summed E-state index contributed by atoms with van der Waals surface area (Å²) < 4.78 is 5.82. The molecule has 156 valence electrons. The first-order chi connectivity index (χ1) is 14.0. The number of morpholine rings is 1. The highest BCUT2D eigenvalue weighted by Crippen LogP contribution is 2.22. The van der Waals surface area contributed by atoms with E-state index in [-0.39, 0.29) is 17.8 Å². The molecule has 1 fully saturated rings. The van der Waals surface area contributed by atoms with Crippen molar-refractivity contribution in [1.82, 2.24) is 14.9 Å². The van der Waals surface area contributed by atoms with Crippen molar-refractivity contribution in [2.75, 3.05) is 31.1 Å². The molecule has 0 unspecified atom stereocenters. The van der Waals surface area contributed by atoms with E-state index < -0.39 is 0 Å². The Morgan fingerprint density at radius 2 is 1.93 bits per heavy atom. The molecule has 29 heavy (non-hydrogen) atoms. The summed E-state index contributed by atoms with van der Waals surface area (Å²) in [5.74, 6) is 1.21. The van der Waals surface area contributed by atoms with Crippen molar-refractivity contribution in [2.24, 2.45) is 0 Å². The average Bonchev–Trinajstić information content (AvgIpc) is 2.71. The maximum absolute atomic E-state index is 12.7. The molecular weight excluding hydrogens is 364 g/mol. The van der Waals surface area contributed by atoms with E-state index in [9.17, 15) is 4.79 Å². The van der Waals surface area contributed by atoms with Gasteiger partial charge in [0.15, 0.2) is 0 Å². The van der Waals surface area contributed by atoms with Crippen LogP contribution in [0.15, 0.2) is 35.1 Å². The summed E-state index contributed by atoms with van der Waals surface area (Å²) in [6.07, 6.45) is 2.15. The van der Waals surface area contributed by atoms with Gasteiger partial charge >= 0.3 is 0 Å². The number of H-pyrrole nitrogens is 1. The number of hydrogen-bond acceptors (Lipinski definition) is 5. The van der Waals surface area contributed by atoms with Crippen molar-refractivity contribution in [3.63, 3.8) is 0 Å². The maximum atomic E-state index is 12.7. The van der Waals surface area contributed by atoms with Gasteiger partial charge in [0.1, 0.15) is 0 Å². The molecule has 6 nitrogen and oxygen atoms in total. The van der Waals surface area contributed by atoms with Crippen molar-refractivity contribution in [2.45, 2.75) is 58.3 Å². The zero-order valence-electron chi connectivity index (χ0n) is 17.7. The van der Waals surface area contributed by atoms with Crippen LogP contribution in [0.2, 0.25) is 0 Å². The average molecular weight is 397 g/mol. The summed E-state index contributed by atoms with van der Waals surface area (Å²) in [6, 6.07) is 10.7. The third kappa shape index (κ3) is 4.70. The number of benzene rings is 1. The third-order valence-electron chi connectivity index (χ3n) is 6.11. The number of nitrogens with one attached hydrogen (secondary N) is 1. The Bertz CT molecular complexity index is 872. The van der Waals surface area contributed by atoms with Gasteiger partial charge in [-0.1, -0.05) is 37.3 Å². The Labute approximate surface area is 172 Å². The Kier molecular flexibility index (Phi) is 6.01. The topological polar surface area (TPSA) is 61.5 Å².